The number of carboxylic acids is 1. The van der Waals surface area contributed by atoms with Crippen molar-refractivity contribution < 1.29 is 19.4 Å². The van der Waals surface area contributed by atoms with Gasteiger partial charge in [0.2, 0.25) is 0 Å². The summed E-state index contributed by atoms with van der Waals surface area (Å²) in [7, 11) is 1.67. The maximum Gasteiger partial charge on any atom is 0.307 e. The van der Waals surface area contributed by atoms with E-state index in [2.05, 4.69) is 29.2 Å². The molecule has 5 heteroatoms. The topological polar surface area (TPSA) is 59.0 Å². The number of ether oxygens (including phenoxy) is 2. The Hall–Kier alpha value is -2.63. The van der Waals surface area contributed by atoms with E-state index in [9.17, 15) is 9.90 Å². The number of methoxy groups -OCH3 is 1. The monoisotopic (exact) mass is 395 g/mol. The number of aliphatic carboxylic acids is 1. The summed E-state index contributed by atoms with van der Waals surface area (Å²) >= 11 is 0. The SMILES string of the molecule is COc1cccc(C(=CCOCCN2CCC[C@@H](C(=O)O)C2)c2ccccc2)c1. The van der Waals surface area contributed by atoms with Crippen molar-refractivity contribution in [3.05, 3.63) is 71.8 Å². The number of rotatable bonds is 9. The van der Waals surface area contributed by atoms with Gasteiger partial charge in [0.25, 0.3) is 0 Å². The lowest BCUT2D eigenvalue weighted by Crippen LogP contribution is -2.40. The lowest BCUT2D eigenvalue weighted by molar-refractivity contribution is -0.143. The van der Waals surface area contributed by atoms with Crippen molar-refractivity contribution in [2.45, 2.75) is 12.8 Å². The molecule has 1 saturated heterocycles. The lowest BCUT2D eigenvalue weighted by atomic mass is 9.97. The molecule has 2 aromatic carbocycles. The first kappa shape index (κ1) is 21.1. The normalized spacial score (nSPS) is 17.8. The van der Waals surface area contributed by atoms with Gasteiger partial charge in [0.1, 0.15) is 5.75 Å². The molecule has 29 heavy (non-hydrogen) atoms. The summed E-state index contributed by atoms with van der Waals surface area (Å²) in [6.45, 7) is 3.41. The van der Waals surface area contributed by atoms with Gasteiger partial charge in [0.15, 0.2) is 0 Å². The minimum atomic E-state index is -0.690. The van der Waals surface area contributed by atoms with Crippen LogP contribution in [0.15, 0.2) is 60.7 Å². The molecule has 1 aliphatic heterocycles. The van der Waals surface area contributed by atoms with Crippen LogP contribution < -0.4 is 4.74 Å². The molecular weight excluding hydrogens is 366 g/mol. The average molecular weight is 395 g/mol. The summed E-state index contributed by atoms with van der Waals surface area (Å²) < 4.78 is 11.2. The van der Waals surface area contributed by atoms with E-state index in [0.717, 1.165) is 48.4 Å². The molecular formula is C24H29NO4. The van der Waals surface area contributed by atoms with Crippen LogP contribution in [-0.2, 0) is 9.53 Å². The van der Waals surface area contributed by atoms with E-state index < -0.39 is 5.97 Å². The van der Waals surface area contributed by atoms with Gasteiger partial charge in [-0.1, -0.05) is 48.5 Å². The smallest absolute Gasteiger partial charge is 0.307 e. The molecule has 1 N–H and O–H groups in total. The number of benzene rings is 2. The third-order valence-corrected chi connectivity index (χ3v) is 5.28. The summed E-state index contributed by atoms with van der Waals surface area (Å²) in [6.07, 6.45) is 3.81. The number of hydrogen-bond donors (Lipinski definition) is 1. The summed E-state index contributed by atoms with van der Waals surface area (Å²) in [6, 6.07) is 18.3. The van der Waals surface area contributed by atoms with Crippen LogP contribution in [0.5, 0.6) is 5.75 Å². The van der Waals surface area contributed by atoms with Crippen molar-refractivity contribution in [2.75, 3.05) is 40.0 Å². The van der Waals surface area contributed by atoms with Gasteiger partial charge in [-0.15, -0.1) is 0 Å². The fourth-order valence-electron chi connectivity index (χ4n) is 3.69. The van der Waals surface area contributed by atoms with Crippen LogP contribution in [0.2, 0.25) is 0 Å². The van der Waals surface area contributed by atoms with Crippen LogP contribution in [0.1, 0.15) is 24.0 Å². The molecule has 0 aliphatic carbocycles. The maximum absolute atomic E-state index is 11.2. The molecule has 0 unspecified atom stereocenters. The van der Waals surface area contributed by atoms with Gasteiger partial charge < -0.3 is 19.5 Å². The molecule has 154 valence electrons. The fraction of sp³-hybridized carbons (Fsp3) is 0.375. The van der Waals surface area contributed by atoms with Gasteiger partial charge >= 0.3 is 5.97 Å². The van der Waals surface area contributed by atoms with E-state index in [1.807, 2.05) is 36.4 Å². The molecule has 5 nitrogen and oxygen atoms in total. The molecule has 0 radical (unpaired) electrons. The molecule has 1 heterocycles. The van der Waals surface area contributed by atoms with E-state index in [-0.39, 0.29) is 5.92 Å². The molecule has 3 rings (SSSR count). The summed E-state index contributed by atoms with van der Waals surface area (Å²) in [4.78, 5) is 13.4. The van der Waals surface area contributed by atoms with Crippen molar-refractivity contribution >= 4 is 11.5 Å². The number of carbonyl (C=O) groups is 1. The average Bonchev–Trinajstić information content (AvgIpc) is 2.77. The van der Waals surface area contributed by atoms with Crippen molar-refractivity contribution in [1.82, 2.24) is 4.90 Å². The van der Waals surface area contributed by atoms with E-state index in [0.29, 0.717) is 19.8 Å². The summed E-state index contributed by atoms with van der Waals surface area (Å²) in [5, 5.41) is 9.21. The Morgan fingerprint density at radius 2 is 1.97 bits per heavy atom. The first-order valence-electron chi connectivity index (χ1n) is 10.1. The number of piperidine rings is 1. The number of nitrogens with zero attached hydrogens (tertiary/aromatic N) is 1. The molecule has 0 aromatic heterocycles. The third kappa shape index (κ3) is 6.17. The second-order valence-electron chi connectivity index (χ2n) is 7.27. The molecule has 2 aromatic rings. The molecule has 0 spiro atoms. The second kappa shape index (κ2) is 10.8. The third-order valence-electron chi connectivity index (χ3n) is 5.28. The zero-order valence-corrected chi connectivity index (χ0v) is 16.9. The first-order chi connectivity index (χ1) is 14.2. The Balaban J connectivity index is 1.59. The molecule has 1 fully saturated rings. The Labute approximate surface area is 172 Å². The Morgan fingerprint density at radius 1 is 1.17 bits per heavy atom. The zero-order chi connectivity index (χ0) is 20.5. The van der Waals surface area contributed by atoms with Gasteiger partial charge in [0, 0.05) is 13.1 Å². The molecule has 0 saturated carbocycles. The quantitative estimate of drug-likeness (QED) is 0.652. The van der Waals surface area contributed by atoms with Crippen molar-refractivity contribution in [2.24, 2.45) is 5.92 Å². The Bertz CT molecular complexity index is 819. The van der Waals surface area contributed by atoms with Crippen LogP contribution in [0, 0.1) is 5.92 Å². The van der Waals surface area contributed by atoms with Gasteiger partial charge in [-0.05, 0) is 48.2 Å². The van der Waals surface area contributed by atoms with Gasteiger partial charge in [-0.25, -0.2) is 0 Å². The maximum atomic E-state index is 11.2. The van der Waals surface area contributed by atoms with Gasteiger partial charge in [-0.2, -0.15) is 0 Å². The lowest BCUT2D eigenvalue weighted by Gasteiger charge is -2.30. The van der Waals surface area contributed by atoms with E-state index in [1.54, 1.807) is 7.11 Å². The highest BCUT2D eigenvalue weighted by Crippen LogP contribution is 2.26. The summed E-state index contributed by atoms with van der Waals surface area (Å²) in [5.74, 6) is -0.117. The highest BCUT2D eigenvalue weighted by atomic mass is 16.5. The van der Waals surface area contributed by atoms with Crippen molar-refractivity contribution in [3.8, 4) is 5.75 Å². The molecule has 1 aliphatic rings. The standard InChI is InChI=1S/C24H29NO4/c1-28-22-11-5-9-20(17-22)23(19-7-3-2-4-8-19)12-15-29-16-14-25-13-6-10-21(18-25)24(26)27/h2-5,7-9,11-12,17,21H,6,10,13-16,18H2,1H3,(H,26,27)/t21-/m1/s1. The summed E-state index contributed by atoms with van der Waals surface area (Å²) in [5.41, 5.74) is 3.32. The minimum Gasteiger partial charge on any atom is -0.497 e. The Kier molecular flexibility index (Phi) is 7.85. The van der Waals surface area contributed by atoms with Crippen LogP contribution >= 0.6 is 0 Å². The largest absolute Gasteiger partial charge is 0.497 e. The van der Waals surface area contributed by atoms with E-state index >= 15 is 0 Å². The highest BCUT2D eigenvalue weighted by Gasteiger charge is 2.24. The molecule has 0 bridgehead atoms. The van der Waals surface area contributed by atoms with E-state index in [4.69, 9.17) is 9.47 Å². The molecule has 1 atom stereocenters. The highest BCUT2D eigenvalue weighted by molar-refractivity contribution is 5.80. The Morgan fingerprint density at radius 3 is 2.72 bits per heavy atom. The fourth-order valence-corrected chi connectivity index (χ4v) is 3.69. The van der Waals surface area contributed by atoms with Crippen molar-refractivity contribution in [3.63, 3.8) is 0 Å². The van der Waals surface area contributed by atoms with Gasteiger partial charge in [0.05, 0.1) is 26.2 Å². The molecule has 0 amide bonds. The van der Waals surface area contributed by atoms with E-state index in [1.165, 1.54) is 0 Å². The number of likely N-dealkylation sites (tertiary alicyclic amines) is 1. The second-order valence-corrected chi connectivity index (χ2v) is 7.27. The predicted octanol–water partition coefficient (Wildman–Crippen LogP) is 3.94. The van der Waals surface area contributed by atoms with Crippen LogP contribution in [0.25, 0.3) is 5.57 Å². The minimum absolute atomic E-state index is 0.249. The van der Waals surface area contributed by atoms with Crippen LogP contribution in [-0.4, -0.2) is 55.9 Å². The van der Waals surface area contributed by atoms with Crippen LogP contribution in [0.4, 0.5) is 0 Å². The van der Waals surface area contributed by atoms with Crippen LogP contribution in [0.3, 0.4) is 0 Å². The number of hydrogen-bond acceptors (Lipinski definition) is 4. The zero-order valence-electron chi connectivity index (χ0n) is 16.9. The van der Waals surface area contributed by atoms with Gasteiger partial charge in [-0.3, -0.25) is 4.79 Å². The first-order valence-corrected chi connectivity index (χ1v) is 10.1. The predicted molar refractivity (Wildman–Crippen MR) is 114 cm³/mol. The number of carboxylic acid groups (broad SMARTS) is 1. The van der Waals surface area contributed by atoms with Crippen molar-refractivity contribution in [1.29, 1.82) is 0 Å².